The molecule has 3 heterocycles. The third-order valence-corrected chi connectivity index (χ3v) is 5.22. The van der Waals surface area contributed by atoms with Gasteiger partial charge in [-0.3, -0.25) is 10.4 Å². The first kappa shape index (κ1) is 18.9. The Bertz CT molecular complexity index is 1060. The van der Waals surface area contributed by atoms with Gasteiger partial charge in [0.2, 0.25) is 11.5 Å². The number of benzene rings is 1. The molecule has 0 spiro atoms. The van der Waals surface area contributed by atoms with Crippen molar-refractivity contribution in [3.63, 3.8) is 0 Å². The van der Waals surface area contributed by atoms with Crippen LogP contribution in [0.4, 0.5) is 5.69 Å². The van der Waals surface area contributed by atoms with E-state index in [1.807, 2.05) is 30.4 Å². The van der Waals surface area contributed by atoms with Crippen molar-refractivity contribution in [3.8, 4) is 0 Å². The molecule has 29 heavy (non-hydrogen) atoms. The zero-order valence-corrected chi connectivity index (χ0v) is 16.5. The summed E-state index contributed by atoms with van der Waals surface area (Å²) in [6.07, 6.45) is 8.80. The highest BCUT2D eigenvalue weighted by Crippen LogP contribution is 2.22. The molecule has 1 fully saturated rings. The molecule has 0 radical (unpaired) electrons. The minimum Gasteiger partial charge on any atom is -0.404 e. The van der Waals surface area contributed by atoms with E-state index in [-0.39, 0.29) is 0 Å². The van der Waals surface area contributed by atoms with E-state index in [0.29, 0.717) is 17.1 Å². The van der Waals surface area contributed by atoms with Gasteiger partial charge in [-0.2, -0.15) is 0 Å². The number of allylic oxidation sites excluding steroid dienone is 2. The fourth-order valence-electron chi connectivity index (χ4n) is 3.42. The van der Waals surface area contributed by atoms with Gasteiger partial charge in [0.1, 0.15) is 0 Å². The summed E-state index contributed by atoms with van der Waals surface area (Å²) in [5.41, 5.74) is 11.0. The quantitative estimate of drug-likeness (QED) is 0.444. The molecule has 7 heteroatoms. The van der Waals surface area contributed by atoms with Crippen molar-refractivity contribution in [2.75, 3.05) is 38.1 Å². The van der Waals surface area contributed by atoms with Gasteiger partial charge in [-0.05, 0) is 43.0 Å². The molecule has 0 atom stereocenters. The zero-order chi connectivity index (χ0) is 20.2. The summed E-state index contributed by atoms with van der Waals surface area (Å²) in [6, 6.07) is 10.1. The lowest BCUT2D eigenvalue weighted by molar-refractivity contribution is -0.112. The average molecular weight is 388 g/mol. The van der Waals surface area contributed by atoms with E-state index in [1.54, 1.807) is 12.4 Å². The topological polar surface area (TPSA) is 99.7 Å². The first-order chi connectivity index (χ1) is 14.1. The van der Waals surface area contributed by atoms with Crippen molar-refractivity contribution in [2.45, 2.75) is 0 Å². The maximum Gasteiger partial charge on any atom is 0.248 e. The summed E-state index contributed by atoms with van der Waals surface area (Å²) >= 11 is 0. The predicted molar refractivity (Wildman–Crippen MR) is 117 cm³/mol. The molecule has 1 saturated heterocycles. The summed E-state index contributed by atoms with van der Waals surface area (Å²) < 4.78 is 0. The highest BCUT2D eigenvalue weighted by Gasteiger charge is 2.18. The average Bonchev–Trinajstić information content (AvgIpc) is 3.19. The molecule has 0 saturated carbocycles. The van der Waals surface area contributed by atoms with Crippen LogP contribution in [0.5, 0.6) is 0 Å². The number of aromatic amines is 1. The van der Waals surface area contributed by atoms with E-state index in [9.17, 15) is 0 Å². The minimum absolute atomic E-state index is 0.505. The predicted octanol–water partition coefficient (Wildman–Crippen LogP) is 0.814. The molecule has 1 aliphatic rings. The molecular formula is C22H26N7+. The van der Waals surface area contributed by atoms with Crippen LogP contribution in [0.2, 0.25) is 0 Å². The van der Waals surface area contributed by atoms with Crippen molar-refractivity contribution in [1.29, 1.82) is 0 Å². The first-order valence-electron chi connectivity index (χ1n) is 9.70. The number of rotatable bonds is 5. The number of pyridine rings is 1. The second-order valence-corrected chi connectivity index (χ2v) is 7.23. The van der Waals surface area contributed by atoms with Gasteiger partial charge in [0.25, 0.3) is 0 Å². The van der Waals surface area contributed by atoms with Crippen molar-refractivity contribution < 1.29 is 5.41 Å². The largest absolute Gasteiger partial charge is 0.404 e. The lowest BCUT2D eigenvalue weighted by Crippen LogP contribution is -2.44. The summed E-state index contributed by atoms with van der Waals surface area (Å²) in [7, 11) is 2.16. The van der Waals surface area contributed by atoms with Crippen LogP contribution in [0.25, 0.3) is 17.1 Å². The third-order valence-electron chi connectivity index (χ3n) is 5.22. The summed E-state index contributed by atoms with van der Waals surface area (Å²) in [5.74, 6) is 0.614. The molecule has 5 N–H and O–H groups in total. The number of likely N-dealkylation sites (N-methyl/N-ethyl adjacent to an activating group) is 1. The molecule has 148 valence electrons. The minimum atomic E-state index is 0.505. The lowest BCUT2D eigenvalue weighted by Gasteiger charge is -2.34. The van der Waals surface area contributed by atoms with E-state index in [1.165, 1.54) is 11.9 Å². The van der Waals surface area contributed by atoms with Gasteiger partial charge in [0.05, 0.1) is 16.6 Å². The van der Waals surface area contributed by atoms with Crippen molar-refractivity contribution in [1.82, 2.24) is 19.9 Å². The Morgan fingerprint density at radius 2 is 2.03 bits per heavy atom. The second kappa shape index (κ2) is 8.28. The Hall–Kier alpha value is -3.45. The molecular weight excluding hydrogens is 362 g/mol. The highest BCUT2D eigenvalue weighted by atomic mass is 15.2. The van der Waals surface area contributed by atoms with Crippen molar-refractivity contribution in [2.24, 2.45) is 5.73 Å². The van der Waals surface area contributed by atoms with Gasteiger partial charge >= 0.3 is 0 Å². The number of nitrogens with one attached hydrogen (secondary N) is 1. The molecule has 7 nitrogen and oxygen atoms in total. The van der Waals surface area contributed by atoms with Gasteiger partial charge < -0.3 is 20.5 Å². The van der Waals surface area contributed by atoms with E-state index in [0.717, 1.165) is 42.8 Å². The maximum absolute atomic E-state index is 6.37. The number of aromatic nitrogens is 3. The Labute approximate surface area is 170 Å². The van der Waals surface area contributed by atoms with Crippen molar-refractivity contribution >= 4 is 28.5 Å². The fraction of sp³-hybridized carbons (Fsp3) is 0.227. The standard InChI is InChI=1S/C22H25N7/c1-28-9-11-29(12-10-28)18-6-7-19-20(13-18)27-22(26-19)21(24)17(14-23)5-4-16-3-2-8-25-15-16/h2-8,13-15,24H,9-12,23H2,1H3,(H,26,27)/p+1/b5-4+,17-14-,24-21?. The van der Waals surface area contributed by atoms with Crippen LogP contribution in [0.1, 0.15) is 11.4 Å². The number of H-pyrrole nitrogens is 1. The lowest BCUT2D eigenvalue weighted by atomic mass is 10.1. The smallest absolute Gasteiger partial charge is 0.248 e. The molecule has 1 aliphatic heterocycles. The molecule has 2 aromatic heterocycles. The van der Waals surface area contributed by atoms with Gasteiger partial charge in [0, 0.05) is 50.5 Å². The Morgan fingerprint density at radius 1 is 1.21 bits per heavy atom. The Balaban J connectivity index is 1.55. The number of hydrogen-bond acceptors (Lipinski definition) is 5. The number of nitrogens with two attached hydrogens (primary N) is 2. The Kier molecular flexibility index (Phi) is 5.39. The molecule has 0 aliphatic carbocycles. The van der Waals surface area contributed by atoms with E-state index in [2.05, 4.69) is 43.9 Å². The monoisotopic (exact) mass is 388 g/mol. The van der Waals surface area contributed by atoms with Crippen LogP contribution in [0.3, 0.4) is 0 Å². The number of piperazine rings is 1. The molecule has 3 aromatic rings. The van der Waals surface area contributed by atoms with E-state index in [4.69, 9.17) is 11.1 Å². The fourth-order valence-corrected chi connectivity index (χ4v) is 3.42. The number of fused-ring (bicyclic) bond motifs is 1. The molecule has 0 unspecified atom stereocenters. The molecule has 0 bridgehead atoms. The van der Waals surface area contributed by atoms with E-state index >= 15 is 0 Å². The summed E-state index contributed by atoms with van der Waals surface area (Å²) in [4.78, 5) is 16.8. The second-order valence-electron chi connectivity index (χ2n) is 7.23. The molecule has 4 rings (SSSR count). The van der Waals surface area contributed by atoms with E-state index < -0.39 is 0 Å². The van der Waals surface area contributed by atoms with Crippen LogP contribution in [0.15, 0.2) is 60.6 Å². The first-order valence-corrected chi connectivity index (χ1v) is 9.70. The van der Waals surface area contributed by atoms with Crippen LogP contribution < -0.4 is 16.0 Å². The van der Waals surface area contributed by atoms with Gasteiger partial charge in [0.15, 0.2) is 0 Å². The van der Waals surface area contributed by atoms with Gasteiger partial charge in [-0.25, -0.2) is 4.98 Å². The SMILES string of the molecule is CN1CCN(c2ccc3nc(C(=[NH2+])C(=C\N)/C=C/c4cccnc4)[nH]c3c2)CC1. The summed E-state index contributed by atoms with van der Waals surface area (Å²) in [5, 5.41) is 6.37. The van der Waals surface area contributed by atoms with Crippen molar-refractivity contribution in [3.05, 3.63) is 72.0 Å². The number of imidazole rings is 1. The summed E-state index contributed by atoms with van der Waals surface area (Å²) in [6.45, 7) is 4.19. The van der Waals surface area contributed by atoms with Crippen LogP contribution in [0, 0.1) is 0 Å². The van der Waals surface area contributed by atoms with Gasteiger partial charge in [-0.15, -0.1) is 0 Å². The normalized spacial score (nSPS) is 16.0. The number of anilines is 1. The zero-order valence-electron chi connectivity index (χ0n) is 16.5. The van der Waals surface area contributed by atoms with Crippen LogP contribution in [-0.4, -0.2) is 58.8 Å². The molecule has 0 amide bonds. The Morgan fingerprint density at radius 3 is 2.76 bits per heavy atom. The number of nitrogens with zero attached hydrogens (tertiary/aromatic N) is 4. The highest BCUT2D eigenvalue weighted by molar-refractivity contribution is 6.09. The number of hydrogen-bond donors (Lipinski definition) is 3. The molecule has 1 aromatic carbocycles. The maximum atomic E-state index is 6.37. The van der Waals surface area contributed by atoms with Crippen LogP contribution >= 0.6 is 0 Å². The third kappa shape index (κ3) is 4.20. The van der Waals surface area contributed by atoms with Crippen LogP contribution in [-0.2, 0) is 0 Å². The van der Waals surface area contributed by atoms with Gasteiger partial charge in [-0.1, -0.05) is 12.1 Å².